The topological polar surface area (TPSA) is 141 Å². The average molecular weight is 771 g/mol. The van der Waals surface area contributed by atoms with Crippen molar-refractivity contribution >= 4 is 46.4 Å². The van der Waals surface area contributed by atoms with E-state index in [0.717, 1.165) is 59.1 Å². The standard InChI is InChI=1S/C42H45Cl2N5O5/c43-40-41(44)49(27-47-40)25-34-23-37(31-16-14-28(26-50)15-17-31)54-42(53-34)32-20-18-30(19-21-32)33-9-7-8-29(22-33)24-46-38(51)12-3-1-2-4-13-39(52)48-36-11-6-5-10-35(36)45/h5-11,14-22,27,34,37,42,50H,1-4,12-13,23-26,45H2,(H,46,51)(H,48,52). The van der Waals surface area contributed by atoms with Gasteiger partial charge in [0.2, 0.25) is 11.8 Å². The summed E-state index contributed by atoms with van der Waals surface area (Å²) in [5, 5.41) is 16.0. The number of anilines is 2. The molecule has 6 rings (SSSR count). The number of aliphatic hydroxyl groups is 1. The number of halogens is 2. The molecule has 4 aromatic carbocycles. The Hall–Kier alpha value is -4.71. The lowest BCUT2D eigenvalue weighted by Crippen LogP contribution is -2.32. The van der Waals surface area contributed by atoms with Gasteiger partial charge in [0.25, 0.3) is 0 Å². The molecule has 3 atom stereocenters. The summed E-state index contributed by atoms with van der Waals surface area (Å²) in [5.74, 6) is -0.0472. The van der Waals surface area contributed by atoms with E-state index < -0.39 is 6.29 Å². The molecule has 2 heterocycles. The highest BCUT2D eigenvalue weighted by Gasteiger charge is 2.33. The van der Waals surface area contributed by atoms with Gasteiger partial charge in [-0.05, 0) is 58.9 Å². The zero-order valence-electron chi connectivity index (χ0n) is 29.9. The summed E-state index contributed by atoms with van der Waals surface area (Å²) < 4.78 is 14.7. The van der Waals surface area contributed by atoms with E-state index in [4.69, 9.17) is 38.4 Å². The van der Waals surface area contributed by atoms with E-state index in [1.165, 1.54) is 0 Å². The Balaban J connectivity index is 0.988. The molecule has 1 aromatic heterocycles. The average Bonchev–Trinajstić information content (AvgIpc) is 3.51. The van der Waals surface area contributed by atoms with Gasteiger partial charge >= 0.3 is 0 Å². The fraction of sp³-hybridized carbons (Fsp3) is 0.310. The van der Waals surface area contributed by atoms with Crippen LogP contribution in [0.4, 0.5) is 11.4 Å². The summed E-state index contributed by atoms with van der Waals surface area (Å²) in [5.41, 5.74) is 12.8. The Kier molecular flexibility index (Phi) is 13.8. The number of para-hydroxylation sites is 2. The number of carbonyl (C=O) groups excluding carboxylic acids is 2. The largest absolute Gasteiger partial charge is 0.397 e. The van der Waals surface area contributed by atoms with Crippen LogP contribution >= 0.6 is 23.2 Å². The molecule has 2 amide bonds. The number of aliphatic hydroxyl groups excluding tert-OH is 1. The van der Waals surface area contributed by atoms with Crippen molar-refractivity contribution in [3.8, 4) is 11.1 Å². The first kappa shape index (κ1) is 39.0. The molecule has 10 nitrogen and oxygen atoms in total. The molecule has 54 heavy (non-hydrogen) atoms. The van der Waals surface area contributed by atoms with Crippen LogP contribution in [-0.4, -0.2) is 32.6 Å². The molecule has 1 fully saturated rings. The highest BCUT2D eigenvalue weighted by Crippen LogP contribution is 2.39. The SMILES string of the molecule is Nc1ccccc1NC(=O)CCCCCCC(=O)NCc1cccc(-c2ccc(C3OC(Cn4cnc(Cl)c4Cl)CC(c4ccc(CO)cc4)O3)cc2)c1. The lowest BCUT2D eigenvalue weighted by atomic mass is 9.99. The molecule has 0 bridgehead atoms. The number of carbonyl (C=O) groups is 2. The number of benzene rings is 4. The highest BCUT2D eigenvalue weighted by molar-refractivity contribution is 6.40. The van der Waals surface area contributed by atoms with Crippen molar-refractivity contribution in [1.29, 1.82) is 0 Å². The summed E-state index contributed by atoms with van der Waals surface area (Å²) in [6, 6.07) is 31.2. The number of aromatic nitrogens is 2. The molecule has 0 radical (unpaired) electrons. The number of nitrogens with zero attached hydrogens (tertiary/aromatic N) is 2. The van der Waals surface area contributed by atoms with Crippen LogP contribution in [0.3, 0.4) is 0 Å². The van der Waals surface area contributed by atoms with Crippen LogP contribution in [0.2, 0.25) is 10.3 Å². The molecule has 1 saturated heterocycles. The number of nitrogens with two attached hydrogens (primary N) is 1. The van der Waals surface area contributed by atoms with E-state index in [1.54, 1.807) is 23.0 Å². The minimum absolute atomic E-state index is 0.00823. The number of hydrogen-bond acceptors (Lipinski definition) is 7. The molecule has 1 aliphatic rings. The van der Waals surface area contributed by atoms with E-state index in [9.17, 15) is 14.7 Å². The van der Waals surface area contributed by atoms with Crippen molar-refractivity contribution in [3.05, 3.63) is 136 Å². The predicted octanol–water partition coefficient (Wildman–Crippen LogP) is 8.77. The van der Waals surface area contributed by atoms with Crippen LogP contribution in [0.5, 0.6) is 0 Å². The number of nitrogen functional groups attached to an aromatic ring is 1. The van der Waals surface area contributed by atoms with Gasteiger partial charge in [0.15, 0.2) is 11.4 Å². The Labute approximate surface area is 325 Å². The Morgan fingerprint density at radius 2 is 1.54 bits per heavy atom. The number of unbranched alkanes of at least 4 members (excludes halogenated alkanes) is 3. The van der Waals surface area contributed by atoms with Crippen molar-refractivity contribution in [1.82, 2.24) is 14.9 Å². The first-order chi connectivity index (χ1) is 26.2. The molecule has 5 aromatic rings. The zero-order valence-corrected chi connectivity index (χ0v) is 31.4. The lowest BCUT2D eigenvalue weighted by Gasteiger charge is -2.36. The minimum atomic E-state index is -0.626. The molecule has 1 aliphatic heterocycles. The number of hydrogen-bond donors (Lipinski definition) is 4. The fourth-order valence-corrected chi connectivity index (χ4v) is 6.77. The van der Waals surface area contributed by atoms with Crippen molar-refractivity contribution in [2.45, 2.75) is 83.1 Å². The summed E-state index contributed by atoms with van der Waals surface area (Å²) in [6.45, 7) is 0.866. The molecular weight excluding hydrogens is 725 g/mol. The summed E-state index contributed by atoms with van der Waals surface area (Å²) >= 11 is 12.5. The Morgan fingerprint density at radius 1 is 0.815 bits per heavy atom. The van der Waals surface area contributed by atoms with E-state index in [-0.39, 0.29) is 35.8 Å². The predicted molar refractivity (Wildman–Crippen MR) is 212 cm³/mol. The van der Waals surface area contributed by atoms with Gasteiger partial charge in [-0.25, -0.2) is 4.98 Å². The molecular formula is C42H45Cl2N5O5. The van der Waals surface area contributed by atoms with Crippen LogP contribution in [-0.2, 0) is 38.8 Å². The smallest absolute Gasteiger partial charge is 0.224 e. The van der Waals surface area contributed by atoms with E-state index in [0.29, 0.717) is 48.9 Å². The number of ether oxygens (including phenoxy) is 2. The van der Waals surface area contributed by atoms with Gasteiger partial charge in [-0.2, -0.15) is 0 Å². The molecule has 282 valence electrons. The van der Waals surface area contributed by atoms with E-state index in [2.05, 4.69) is 21.7 Å². The first-order valence-electron chi connectivity index (χ1n) is 18.2. The van der Waals surface area contributed by atoms with Crippen LogP contribution in [0.25, 0.3) is 11.1 Å². The minimum Gasteiger partial charge on any atom is -0.397 e. The molecule has 0 aliphatic carbocycles. The molecule has 0 saturated carbocycles. The van der Waals surface area contributed by atoms with Crippen molar-refractivity contribution in [2.75, 3.05) is 11.1 Å². The Morgan fingerprint density at radius 3 is 2.24 bits per heavy atom. The Bertz CT molecular complexity index is 2000. The fourth-order valence-electron chi connectivity index (χ4n) is 6.45. The molecule has 3 unspecified atom stereocenters. The van der Waals surface area contributed by atoms with Crippen LogP contribution in [0.1, 0.15) is 79.6 Å². The van der Waals surface area contributed by atoms with Crippen LogP contribution < -0.4 is 16.4 Å². The summed E-state index contributed by atoms with van der Waals surface area (Å²) in [6.07, 6.45) is 5.23. The molecule has 5 N–H and O–H groups in total. The number of amides is 2. The van der Waals surface area contributed by atoms with Crippen LogP contribution in [0.15, 0.2) is 103 Å². The van der Waals surface area contributed by atoms with Gasteiger partial charge in [-0.1, -0.05) is 115 Å². The third-order valence-corrected chi connectivity index (χ3v) is 10.2. The second-order valence-electron chi connectivity index (χ2n) is 13.5. The maximum absolute atomic E-state index is 12.6. The first-order valence-corrected chi connectivity index (χ1v) is 19.0. The van der Waals surface area contributed by atoms with Crippen molar-refractivity contribution in [2.24, 2.45) is 0 Å². The lowest BCUT2D eigenvalue weighted by molar-refractivity contribution is -0.252. The van der Waals surface area contributed by atoms with Gasteiger partial charge in [0.1, 0.15) is 5.15 Å². The number of rotatable bonds is 16. The van der Waals surface area contributed by atoms with E-state index >= 15 is 0 Å². The normalized spacial score (nSPS) is 16.9. The molecule has 12 heteroatoms. The van der Waals surface area contributed by atoms with E-state index in [1.807, 2.05) is 78.9 Å². The van der Waals surface area contributed by atoms with Gasteiger partial charge < -0.3 is 35.5 Å². The second kappa shape index (κ2) is 19.1. The third-order valence-electron chi connectivity index (χ3n) is 9.47. The second-order valence-corrected chi connectivity index (χ2v) is 14.2. The van der Waals surface area contributed by atoms with Crippen molar-refractivity contribution in [3.63, 3.8) is 0 Å². The quantitative estimate of drug-likeness (QED) is 0.0581. The van der Waals surface area contributed by atoms with Crippen molar-refractivity contribution < 1.29 is 24.2 Å². The molecule has 0 spiro atoms. The number of nitrogens with one attached hydrogen (secondary N) is 2. The van der Waals surface area contributed by atoms with Gasteiger partial charge in [-0.3, -0.25) is 9.59 Å². The maximum atomic E-state index is 12.6. The summed E-state index contributed by atoms with van der Waals surface area (Å²) in [4.78, 5) is 28.9. The maximum Gasteiger partial charge on any atom is 0.224 e. The summed E-state index contributed by atoms with van der Waals surface area (Å²) in [7, 11) is 0. The van der Waals surface area contributed by atoms with Gasteiger partial charge in [0.05, 0.1) is 43.1 Å². The van der Waals surface area contributed by atoms with Crippen LogP contribution in [0, 0.1) is 0 Å². The van der Waals surface area contributed by atoms with Gasteiger partial charge in [-0.15, -0.1) is 0 Å². The third kappa shape index (κ3) is 10.7. The van der Waals surface area contributed by atoms with Gasteiger partial charge in [0, 0.05) is 31.4 Å². The zero-order chi connectivity index (χ0) is 37.9. The number of imidazole rings is 1. The monoisotopic (exact) mass is 769 g/mol. The highest BCUT2D eigenvalue weighted by atomic mass is 35.5.